The number of Topliss-reactive ketones (excluding diaryl/α,β-unsaturated/α-hetero) is 1. The Morgan fingerprint density at radius 3 is 2.75 bits per heavy atom. The van der Waals surface area contributed by atoms with Crippen molar-refractivity contribution in [2.45, 2.75) is 19.3 Å². The normalized spacial score (nSPS) is 14.9. The van der Waals surface area contributed by atoms with Gasteiger partial charge in [-0.3, -0.25) is 9.59 Å². The van der Waals surface area contributed by atoms with Crippen LogP contribution < -0.4 is 0 Å². The van der Waals surface area contributed by atoms with E-state index in [2.05, 4.69) is 15.9 Å². The highest BCUT2D eigenvalue weighted by molar-refractivity contribution is 9.10. The van der Waals surface area contributed by atoms with Crippen molar-refractivity contribution in [2.75, 3.05) is 13.2 Å². The molecule has 1 aliphatic carbocycles. The SMILES string of the molecule is O=C1CCCC=C1N(CCO)C(=O)c1ccccc1Br. The lowest BCUT2D eigenvalue weighted by atomic mass is 10.0. The Kier molecular flexibility index (Phi) is 5.09. The summed E-state index contributed by atoms with van der Waals surface area (Å²) in [5.41, 5.74) is 0.895. The Morgan fingerprint density at radius 2 is 2.10 bits per heavy atom. The number of hydrogen-bond acceptors (Lipinski definition) is 3. The first-order chi connectivity index (χ1) is 9.65. The minimum Gasteiger partial charge on any atom is -0.395 e. The van der Waals surface area contributed by atoms with Crippen molar-refractivity contribution in [1.29, 1.82) is 0 Å². The first-order valence-electron chi connectivity index (χ1n) is 6.55. The standard InChI is InChI=1S/C15H16BrNO3/c16-12-6-2-1-5-11(12)15(20)17(9-10-18)13-7-3-4-8-14(13)19/h1-2,5-7,18H,3-4,8-10H2. The van der Waals surface area contributed by atoms with E-state index >= 15 is 0 Å². The summed E-state index contributed by atoms with van der Waals surface area (Å²) in [7, 11) is 0. The molecule has 20 heavy (non-hydrogen) atoms. The van der Waals surface area contributed by atoms with Crippen molar-refractivity contribution < 1.29 is 14.7 Å². The monoisotopic (exact) mass is 337 g/mol. The Morgan fingerprint density at radius 1 is 1.35 bits per heavy atom. The molecule has 0 bridgehead atoms. The molecule has 1 N–H and O–H groups in total. The molecular formula is C15H16BrNO3. The van der Waals surface area contributed by atoms with Crippen molar-refractivity contribution in [3.63, 3.8) is 0 Å². The van der Waals surface area contributed by atoms with Gasteiger partial charge in [0.05, 0.1) is 17.9 Å². The number of aliphatic hydroxyl groups is 1. The maximum absolute atomic E-state index is 12.6. The molecule has 1 amide bonds. The predicted molar refractivity (Wildman–Crippen MR) is 79.2 cm³/mol. The van der Waals surface area contributed by atoms with Crippen molar-refractivity contribution in [1.82, 2.24) is 4.90 Å². The fourth-order valence-electron chi connectivity index (χ4n) is 2.22. The van der Waals surface area contributed by atoms with E-state index in [-0.39, 0.29) is 24.8 Å². The zero-order chi connectivity index (χ0) is 14.5. The lowest BCUT2D eigenvalue weighted by molar-refractivity contribution is -0.117. The molecule has 1 aliphatic rings. The number of hydrogen-bond donors (Lipinski definition) is 1. The minimum absolute atomic E-state index is 0.0369. The molecule has 2 rings (SSSR count). The maximum atomic E-state index is 12.6. The van der Waals surface area contributed by atoms with Crippen molar-refractivity contribution in [2.24, 2.45) is 0 Å². The van der Waals surface area contributed by atoms with Gasteiger partial charge in [0, 0.05) is 17.4 Å². The molecule has 0 radical (unpaired) electrons. The molecule has 0 aromatic heterocycles. The summed E-state index contributed by atoms with van der Waals surface area (Å²) >= 11 is 3.34. The largest absolute Gasteiger partial charge is 0.395 e. The molecule has 0 saturated heterocycles. The zero-order valence-corrected chi connectivity index (χ0v) is 12.6. The highest BCUT2D eigenvalue weighted by Gasteiger charge is 2.26. The first kappa shape index (κ1) is 14.9. The number of rotatable bonds is 4. The Labute approximate surface area is 126 Å². The van der Waals surface area contributed by atoms with Gasteiger partial charge in [-0.05, 0) is 40.9 Å². The molecule has 0 atom stereocenters. The molecule has 1 aromatic carbocycles. The number of allylic oxidation sites excluding steroid dienone is 2. The van der Waals surface area contributed by atoms with Gasteiger partial charge in [0.1, 0.15) is 0 Å². The molecule has 0 unspecified atom stereocenters. The molecule has 0 heterocycles. The Balaban J connectivity index is 2.33. The summed E-state index contributed by atoms with van der Waals surface area (Å²) in [5.74, 6) is -0.307. The van der Waals surface area contributed by atoms with Crippen molar-refractivity contribution in [3.05, 3.63) is 46.1 Å². The van der Waals surface area contributed by atoms with Gasteiger partial charge in [0.15, 0.2) is 5.78 Å². The summed E-state index contributed by atoms with van der Waals surface area (Å²) < 4.78 is 0.678. The molecular weight excluding hydrogens is 322 g/mol. The van der Waals surface area contributed by atoms with Crippen LogP contribution in [0.25, 0.3) is 0 Å². The Hall–Kier alpha value is -1.46. The number of carbonyl (C=O) groups is 2. The number of benzene rings is 1. The highest BCUT2D eigenvalue weighted by atomic mass is 79.9. The zero-order valence-electron chi connectivity index (χ0n) is 11.0. The van der Waals surface area contributed by atoms with Gasteiger partial charge in [-0.1, -0.05) is 18.2 Å². The van der Waals surface area contributed by atoms with Crippen LogP contribution in [-0.2, 0) is 4.79 Å². The summed E-state index contributed by atoms with van der Waals surface area (Å²) in [5, 5.41) is 9.17. The first-order valence-corrected chi connectivity index (χ1v) is 7.35. The predicted octanol–water partition coefficient (Wildman–Crippen LogP) is 2.52. The quantitative estimate of drug-likeness (QED) is 0.918. The minimum atomic E-state index is -0.270. The van der Waals surface area contributed by atoms with Crippen molar-refractivity contribution >= 4 is 27.6 Å². The summed E-state index contributed by atoms with van der Waals surface area (Å²) in [6, 6.07) is 7.07. The third-order valence-electron chi connectivity index (χ3n) is 3.20. The van der Waals surface area contributed by atoms with E-state index in [1.807, 2.05) is 6.07 Å². The molecule has 0 saturated carbocycles. The maximum Gasteiger partial charge on any atom is 0.259 e. The average molecular weight is 338 g/mol. The van der Waals surface area contributed by atoms with E-state index in [1.165, 1.54) is 4.90 Å². The van der Waals surface area contributed by atoms with E-state index in [0.717, 1.165) is 12.8 Å². The molecule has 106 valence electrons. The molecule has 1 aromatic rings. The van der Waals surface area contributed by atoms with Gasteiger partial charge in [-0.15, -0.1) is 0 Å². The fourth-order valence-corrected chi connectivity index (χ4v) is 2.67. The highest BCUT2D eigenvalue weighted by Crippen LogP contribution is 2.23. The van der Waals surface area contributed by atoms with E-state index < -0.39 is 0 Å². The summed E-state index contributed by atoms with van der Waals surface area (Å²) in [6.45, 7) is -0.0570. The van der Waals surface area contributed by atoms with Gasteiger partial charge >= 0.3 is 0 Å². The van der Waals surface area contributed by atoms with Crippen LogP contribution in [0.2, 0.25) is 0 Å². The lowest BCUT2D eigenvalue weighted by Gasteiger charge is -2.26. The van der Waals surface area contributed by atoms with Crippen LogP contribution in [0, 0.1) is 0 Å². The van der Waals surface area contributed by atoms with Gasteiger partial charge in [0.2, 0.25) is 0 Å². The molecule has 4 nitrogen and oxygen atoms in total. The van der Waals surface area contributed by atoms with Crippen LogP contribution >= 0.6 is 15.9 Å². The van der Waals surface area contributed by atoms with Crippen LogP contribution in [0.4, 0.5) is 0 Å². The molecule has 0 fully saturated rings. The number of ketones is 1. The van der Waals surface area contributed by atoms with Crippen LogP contribution in [0.5, 0.6) is 0 Å². The van der Waals surface area contributed by atoms with E-state index in [1.54, 1.807) is 24.3 Å². The summed E-state index contributed by atoms with van der Waals surface area (Å²) in [6.07, 6.45) is 3.85. The van der Waals surface area contributed by atoms with Crippen LogP contribution in [0.1, 0.15) is 29.6 Å². The van der Waals surface area contributed by atoms with Crippen LogP contribution in [0.15, 0.2) is 40.5 Å². The number of halogens is 1. The molecule has 0 aliphatic heterocycles. The van der Waals surface area contributed by atoms with Gasteiger partial charge in [0.25, 0.3) is 5.91 Å². The molecule has 5 heteroatoms. The van der Waals surface area contributed by atoms with Crippen LogP contribution in [0.3, 0.4) is 0 Å². The van der Waals surface area contributed by atoms with E-state index in [4.69, 9.17) is 0 Å². The number of nitrogens with zero attached hydrogens (tertiary/aromatic N) is 1. The van der Waals surface area contributed by atoms with E-state index in [0.29, 0.717) is 22.2 Å². The third kappa shape index (κ3) is 3.16. The summed E-state index contributed by atoms with van der Waals surface area (Å²) in [4.78, 5) is 25.9. The lowest BCUT2D eigenvalue weighted by Crippen LogP contribution is -2.37. The van der Waals surface area contributed by atoms with Gasteiger partial charge < -0.3 is 10.0 Å². The van der Waals surface area contributed by atoms with Crippen LogP contribution in [-0.4, -0.2) is 34.8 Å². The average Bonchev–Trinajstić information content (AvgIpc) is 2.46. The fraction of sp³-hybridized carbons (Fsp3) is 0.333. The topological polar surface area (TPSA) is 57.6 Å². The second-order valence-corrected chi connectivity index (χ2v) is 5.42. The number of carbonyl (C=O) groups excluding carboxylic acids is 2. The third-order valence-corrected chi connectivity index (χ3v) is 3.89. The number of amides is 1. The second kappa shape index (κ2) is 6.81. The van der Waals surface area contributed by atoms with Gasteiger partial charge in [-0.25, -0.2) is 0 Å². The van der Waals surface area contributed by atoms with E-state index in [9.17, 15) is 14.7 Å². The number of aliphatic hydroxyl groups excluding tert-OH is 1. The Bertz CT molecular complexity index is 554. The van der Waals surface area contributed by atoms with Crippen molar-refractivity contribution in [3.8, 4) is 0 Å². The second-order valence-electron chi connectivity index (χ2n) is 4.57. The van der Waals surface area contributed by atoms with Gasteiger partial charge in [-0.2, -0.15) is 0 Å². The smallest absolute Gasteiger partial charge is 0.259 e. The molecule has 0 spiro atoms.